The van der Waals surface area contributed by atoms with E-state index in [-0.39, 0.29) is 22.8 Å². The largest absolute Gasteiger partial charge is 0.494 e. The summed E-state index contributed by atoms with van der Waals surface area (Å²) in [4.78, 5) is 17.6. The van der Waals surface area contributed by atoms with E-state index in [9.17, 15) is 13.2 Å². The smallest absolute Gasteiger partial charge is 0.340 e. The van der Waals surface area contributed by atoms with Gasteiger partial charge in [0.05, 0.1) is 29.4 Å². The molecule has 0 radical (unpaired) electrons. The monoisotopic (exact) mass is 601 g/mol. The van der Waals surface area contributed by atoms with Crippen molar-refractivity contribution in [3.8, 4) is 16.9 Å². The first-order valence-corrected chi connectivity index (χ1v) is 16.2. The summed E-state index contributed by atoms with van der Waals surface area (Å²) in [5, 5.41) is 2.15. The Morgan fingerprint density at radius 3 is 2.35 bits per heavy atom. The number of carbonyl (C=O) groups is 1. The lowest BCUT2D eigenvalue weighted by Crippen LogP contribution is -2.44. The molecule has 4 aromatic rings. The number of aryl methyl sites for hydroxylation is 1. The minimum Gasteiger partial charge on any atom is -0.494 e. The second-order valence-electron chi connectivity index (χ2n) is 10.9. The summed E-state index contributed by atoms with van der Waals surface area (Å²) in [7, 11) is -1.88. The van der Waals surface area contributed by atoms with Gasteiger partial charge in [-0.05, 0) is 91.2 Å². The van der Waals surface area contributed by atoms with Crippen LogP contribution in [-0.4, -0.2) is 77.2 Å². The highest BCUT2D eigenvalue weighted by Gasteiger charge is 2.21. The van der Waals surface area contributed by atoms with Gasteiger partial charge in [-0.15, -0.1) is 0 Å². The number of nitrogens with zero attached hydrogens (tertiary/aromatic N) is 2. The molecule has 0 amide bonds. The fourth-order valence-corrected chi connectivity index (χ4v) is 6.42. The van der Waals surface area contributed by atoms with Crippen LogP contribution in [0.2, 0.25) is 0 Å². The predicted molar refractivity (Wildman–Crippen MR) is 171 cm³/mol. The van der Waals surface area contributed by atoms with Crippen molar-refractivity contribution in [3.05, 3.63) is 90.0 Å². The normalized spacial score (nSPS) is 14.5. The zero-order chi connectivity index (χ0) is 30.4. The molecule has 1 heterocycles. The molecule has 0 unspecified atom stereocenters. The van der Waals surface area contributed by atoms with E-state index in [1.165, 1.54) is 12.1 Å². The molecule has 1 fully saturated rings. The Morgan fingerprint density at radius 2 is 1.63 bits per heavy atom. The van der Waals surface area contributed by atoms with Crippen LogP contribution in [0.1, 0.15) is 29.3 Å². The highest BCUT2D eigenvalue weighted by Crippen LogP contribution is 2.34. The third kappa shape index (κ3) is 7.36. The summed E-state index contributed by atoms with van der Waals surface area (Å²) in [5.74, 6) is 0.0126. The van der Waals surface area contributed by atoms with Gasteiger partial charge in [-0.25, -0.2) is 13.2 Å². The lowest BCUT2D eigenvalue weighted by atomic mass is 9.94. The number of sulfonamides is 1. The zero-order valence-corrected chi connectivity index (χ0v) is 25.8. The minimum absolute atomic E-state index is 0.0679. The molecule has 1 N–H and O–H groups in total. The van der Waals surface area contributed by atoms with Crippen molar-refractivity contribution < 1.29 is 22.7 Å². The van der Waals surface area contributed by atoms with E-state index in [4.69, 9.17) is 9.47 Å². The van der Waals surface area contributed by atoms with E-state index in [1.807, 2.05) is 36.4 Å². The Labute approximate surface area is 254 Å². The maximum absolute atomic E-state index is 13.5. The van der Waals surface area contributed by atoms with E-state index in [1.54, 1.807) is 31.2 Å². The molecule has 0 bridgehead atoms. The fraction of sp³-hybridized carbons (Fsp3) is 0.324. The van der Waals surface area contributed by atoms with Crippen LogP contribution in [0.15, 0.2) is 83.8 Å². The van der Waals surface area contributed by atoms with Crippen molar-refractivity contribution >= 4 is 32.5 Å². The van der Waals surface area contributed by atoms with E-state index < -0.39 is 16.0 Å². The number of carbonyl (C=O) groups excluding carboxylic acids is 1. The highest BCUT2D eigenvalue weighted by atomic mass is 32.2. The van der Waals surface area contributed by atoms with E-state index in [0.717, 1.165) is 66.6 Å². The van der Waals surface area contributed by atoms with E-state index >= 15 is 0 Å². The topological polar surface area (TPSA) is 88.2 Å². The number of ether oxygens (including phenoxy) is 2. The fourth-order valence-electron chi connectivity index (χ4n) is 5.35. The van der Waals surface area contributed by atoms with Crippen molar-refractivity contribution in [1.82, 2.24) is 9.80 Å². The molecule has 8 nitrogen and oxygen atoms in total. The number of fused-ring (bicyclic) bond motifs is 1. The van der Waals surface area contributed by atoms with Gasteiger partial charge in [-0.2, -0.15) is 0 Å². The van der Waals surface area contributed by atoms with Crippen LogP contribution in [0, 0.1) is 6.92 Å². The molecule has 0 saturated carbocycles. The molecule has 4 aromatic carbocycles. The number of benzene rings is 4. The third-order valence-corrected chi connectivity index (χ3v) is 9.21. The van der Waals surface area contributed by atoms with Crippen molar-refractivity contribution in [2.24, 2.45) is 0 Å². The van der Waals surface area contributed by atoms with Gasteiger partial charge in [0.25, 0.3) is 10.0 Å². The SMILES string of the molecule is CCOC(=O)c1ccc(-c2ccc(C)c3ccccc23)cc1NS(=O)(=O)c1ccc(OCCCN2CCN(C)CC2)cc1. The van der Waals surface area contributed by atoms with Gasteiger partial charge >= 0.3 is 5.97 Å². The Hall–Kier alpha value is -3.92. The quantitative estimate of drug-likeness (QED) is 0.172. The number of esters is 1. The Bertz CT molecular complexity index is 1680. The minimum atomic E-state index is -4.02. The van der Waals surface area contributed by atoms with Gasteiger partial charge in [0.2, 0.25) is 0 Å². The lowest BCUT2D eigenvalue weighted by Gasteiger charge is -2.32. The summed E-state index contributed by atoms with van der Waals surface area (Å²) >= 11 is 0. The van der Waals surface area contributed by atoms with Crippen LogP contribution in [0.4, 0.5) is 5.69 Å². The summed E-state index contributed by atoms with van der Waals surface area (Å²) in [5.41, 5.74) is 3.16. The van der Waals surface area contributed by atoms with Crippen molar-refractivity contribution in [2.45, 2.75) is 25.2 Å². The van der Waals surface area contributed by atoms with Crippen LogP contribution in [-0.2, 0) is 14.8 Å². The Balaban J connectivity index is 1.33. The molecular formula is C34H39N3O5S. The van der Waals surface area contributed by atoms with Gasteiger partial charge in [0, 0.05) is 32.7 Å². The molecule has 0 aliphatic carbocycles. The average Bonchev–Trinajstić information content (AvgIpc) is 3.01. The second kappa shape index (κ2) is 13.6. The van der Waals surface area contributed by atoms with Crippen LogP contribution in [0.3, 0.4) is 0 Å². The summed E-state index contributed by atoms with van der Waals surface area (Å²) < 4.78 is 40.7. The molecule has 9 heteroatoms. The number of piperazine rings is 1. The molecular weight excluding hydrogens is 562 g/mol. The van der Waals surface area contributed by atoms with Crippen LogP contribution in [0.5, 0.6) is 5.75 Å². The lowest BCUT2D eigenvalue weighted by molar-refractivity contribution is 0.0527. The van der Waals surface area contributed by atoms with Crippen LogP contribution in [0.25, 0.3) is 21.9 Å². The van der Waals surface area contributed by atoms with E-state index in [0.29, 0.717) is 12.4 Å². The van der Waals surface area contributed by atoms with E-state index in [2.05, 4.69) is 34.6 Å². The molecule has 0 spiro atoms. The molecule has 0 atom stereocenters. The zero-order valence-electron chi connectivity index (χ0n) is 25.0. The molecule has 1 aliphatic rings. The van der Waals surface area contributed by atoms with Crippen LogP contribution >= 0.6 is 0 Å². The van der Waals surface area contributed by atoms with Gasteiger partial charge in [0.1, 0.15) is 5.75 Å². The van der Waals surface area contributed by atoms with Crippen molar-refractivity contribution in [3.63, 3.8) is 0 Å². The number of nitrogens with one attached hydrogen (secondary N) is 1. The van der Waals surface area contributed by atoms with Crippen LogP contribution < -0.4 is 9.46 Å². The Kier molecular flexibility index (Phi) is 9.65. The number of hydrogen-bond donors (Lipinski definition) is 1. The molecule has 1 aliphatic heterocycles. The third-order valence-electron chi connectivity index (χ3n) is 7.83. The first-order valence-electron chi connectivity index (χ1n) is 14.7. The standard InChI is InChI=1S/C34H39N3O5S/c1-4-41-34(38)32-17-11-26(30-16-10-25(2)29-8-5-6-9-31(29)30)24-33(32)35-43(39,40)28-14-12-27(13-15-28)42-23-7-18-37-21-19-36(3)20-22-37/h5-6,8-17,24,35H,4,7,18-23H2,1-3H3. The number of likely N-dealkylation sites (N-methyl/N-ethyl adjacent to an activating group) is 1. The Morgan fingerprint density at radius 1 is 0.907 bits per heavy atom. The molecule has 0 aromatic heterocycles. The molecule has 43 heavy (non-hydrogen) atoms. The van der Waals surface area contributed by atoms with Gasteiger partial charge in [-0.3, -0.25) is 4.72 Å². The summed E-state index contributed by atoms with van der Waals surface area (Å²) in [6.45, 7) is 9.78. The summed E-state index contributed by atoms with van der Waals surface area (Å²) in [6, 6.07) is 23.6. The number of anilines is 1. The van der Waals surface area contributed by atoms with Crippen molar-refractivity contribution in [1.29, 1.82) is 0 Å². The first-order chi connectivity index (χ1) is 20.7. The predicted octanol–water partition coefficient (Wildman–Crippen LogP) is 5.81. The van der Waals surface area contributed by atoms with Gasteiger partial charge in [-0.1, -0.05) is 42.5 Å². The summed E-state index contributed by atoms with van der Waals surface area (Å²) in [6.07, 6.45) is 0.897. The second-order valence-corrected chi connectivity index (χ2v) is 12.6. The maximum Gasteiger partial charge on any atom is 0.340 e. The maximum atomic E-state index is 13.5. The number of rotatable bonds is 11. The molecule has 5 rings (SSSR count). The molecule has 226 valence electrons. The average molecular weight is 602 g/mol. The van der Waals surface area contributed by atoms with Crippen molar-refractivity contribution in [2.75, 3.05) is 57.7 Å². The highest BCUT2D eigenvalue weighted by molar-refractivity contribution is 7.92. The van der Waals surface area contributed by atoms with Gasteiger partial charge in [0.15, 0.2) is 0 Å². The number of hydrogen-bond acceptors (Lipinski definition) is 7. The first kappa shape index (κ1) is 30.5. The van der Waals surface area contributed by atoms with Gasteiger partial charge < -0.3 is 19.3 Å². The molecule has 1 saturated heterocycles.